The van der Waals surface area contributed by atoms with Gasteiger partial charge in [0.15, 0.2) is 5.96 Å². The van der Waals surface area contributed by atoms with Crippen LogP contribution in [0.25, 0.3) is 11.5 Å². The minimum atomic E-state index is 0. The monoisotopic (exact) mass is 533 g/mol. The van der Waals surface area contributed by atoms with E-state index >= 15 is 0 Å². The molecular formula is C19H22Cl2IN5O. The van der Waals surface area contributed by atoms with Gasteiger partial charge in [-0.3, -0.25) is 4.99 Å². The van der Waals surface area contributed by atoms with E-state index in [1.54, 1.807) is 13.3 Å². The lowest BCUT2D eigenvalue weighted by Gasteiger charge is -2.11. The summed E-state index contributed by atoms with van der Waals surface area (Å²) in [5.41, 5.74) is 3.89. The Hall–Kier alpha value is -1.71. The van der Waals surface area contributed by atoms with Crippen molar-refractivity contribution >= 4 is 53.1 Å². The third-order valence-electron chi connectivity index (χ3n) is 4.16. The number of hydrogen-bond acceptors (Lipinski definition) is 3. The van der Waals surface area contributed by atoms with E-state index < -0.39 is 0 Å². The van der Waals surface area contributed by atoms with Crippen LogP contribution in [-0.4, -0.2) is 22.6 Å². The van der Waals surface area contributed by atoms with Crippen LogP contribution >= 0.6 is 47.2 Å². The second-order valence-corrected chi connectivity index (χ2v) is 6.89. The van der Waals surface area contributed by atoms with E-state index in [4.69, 9.17) is 27.6 Å². The first kappa shape index (κ1) is 22.6. The number of aromatic nitrogens is 2. The van der Waals surface area contributed by atoms with Crippen LogP contribution in [-0.2, 0) is 20.1 Å². The van der Waals surface area contributed by atoms with Crippen LogP contribution in [0.15, 0.2) is 46.0 Å². The van der Waals surface area contributed by atoms with Crippen molar-refractivity contribution in [3.63, 3.8) is 0 Å². The molecule has 0 aliphatic rings. The summed E-state index contributed by atoms with van der Waals surface area (Å²) in [5.74, 6) is 1.24. The largest absolute Gasteiger partial charge is 0.444 e. The first-order valence-electron chi connectivity index (χ1n) is 8.43. The summed E-state index contributed by atoms with van der Waals surface area (Å²) in [5, 5.41) is 7.49. The number of benzene rings is 1. The van der Waals surface area contributed by atoms with Gasteiger partial charge in [0.1, 0.15) is 11.4 Å². The van der Waals surface area contributed by atoms with Gasteiger partial charge in [-0.1, -0.05) is 40.9 Å². The van der Waals surface area contributed by atoms with Gasteiger partial charge in [-0.15, -0.1) is 24.0 Å². The number of halogens is 3. The quantitative estimate of drug-likeness (QED) is 0.281. The van der Waals surface area contributed by atoms with E-state index in [1.807, 2.05) is 48.9 Å². The van der Waals surface area contributed by atoms with Crippen LogP contribution in [0.4, 0.5) is 0 Å². The van der Waals surface area contributed by atoms with E-state index in [1.165, 1.54) is 5.56 Å². The van der Waals surface area contributed by atoms with Crippen molar-refractivity contribution in [2.45, 2.75) is 20.0 Å². The minimum Gasteiger partial charge on any atom is -0.444 e. The SMILES string of the molecule is CN=C(NCc1coc(-c2ccc(C)cc2)n1)NCc1cc(Cl)c(Cl)n1C.I. The highest BCUT2D eigenvalue weighted by Crippen LogP contribution is 2.25. The lowest BCUT2D eigenvalue weighted by molar-refractivity contribution is 0.572. The minimum absolute atomic E-state index is 0. The Kier molecular flexibility index (Phi) is 8.21. The molecule has 0 saturated carbocycles. The van der Waals surface area contributed by atoms with Crippen molar-refractivity contribution < 1.29 is 4.42 Å². The molecule has 3 rings (SSSR count). The summed E-state index contributed by atoms with van der Waals surface area (Å²) in [7, 11) is 3.57. The van der Waals surface area contributed by atoms with Gasteiger partial charge in [-0.2, -0.15) is 0 Å². The second-order valence-electron chi connectivity index (χ2n) is 6.12. The maximum atomic E-state index is 6.09. The van der Waals surface area contributed by atoms with Gasteiger partial charge in [-0.05, 0) is 25.1 Å². The molecule has 0 radical (unpaired) electrons. The summed E-state index contributed by atoms with van der Waals surface area (Å²) in [6, 6.07) is 9.89. The highest BCUT2D eigenvalue weighted by molar-refractivity contribution is 14.0. The number of aliphatic imine (C=N–C) groups is 1. The Bertz CT molecular complexity index is 950. The van der Waals surface area contributed by atoms with E-state index in [0.717, 1.165) is 17.0 Å². The third-order valence-corrected chi connectivity index (χ3v) is 5.01. The van der Waals surface area contributed by atoms with Crippen LogP contribution < -0.4 is 10.6 Å². The molecule has 0 amide bonds. The molecule has 0 bridgehead atoms. The van der Waals surface area contributed by atoms with Crippen LogP contribution in [0.5, 0.6) is 0 Å². The molecule has 9 heteroatoms. The average Bonchev–Trinajstić information content (AvgIpc) is 3.23. The smallest absolute Gasteiger partial charge is 0.226 e. The van der Waals surface area contributed by atoms with E-state index in [0.29, 0.717) is 35.1 Å². The fraction of sp³-hybridized carbons (Fsp3) is 0.263. The Labute approximate surface area is 191 Å². The third kappa shape index (κ3) is 5.42. The fourth-order valence-electron chi connectivity index (χ4n) is 2.54. The standard InChI is InChI=1S/C19H21Cl2N5O.HI/c1-12-4-6-13(7-5-12)18-25-14(11-27-18)9-23-19(22-2)24-10-15-8-16(20)17(21)26(15)3;/h4-8,11H,9-10H2,1-3H3,(H2,22,23,24);1H. The lowest BCUT2D eigenvalue weighted by Crippen LogP contribution is -2.36. The molecule has 150 valence electrons. The Morgan fingerprint density at radius 1 is 1.18 bits per heavy atom. The maximum Gasteiger partial charge on any atom is 0.226 e. The first-order valence-corrected chi connectivity index (χ1v) is 9.19. The highest BCUT2D eigenvalue weighted by atomic mass is 127. The number of rotatable bonds is 5. The van der Waals surface area contributed by atoms with Crippen LogP contribution in [0, 0.1) is 6.92 Å². The zero-order valence-electron chi connectivity index (χ0n) is 15.8. The van der Waals surface area contributed by atoms with Crippen molar-refractivity contribution in [1.29, 1.82) is 0 Å². The molecule has 2 aromatic heterocycles. The summed E-state index contributed by atoms with van der Waals surface area (Å²) >= 11 is 12.1. The Morgan fingerprint density at radius 2 is 1.86 bits per heavy atom. The normalized spacial score (nSPS) is 11.2. The van der Waals surface area contributed by atoms with Crippen LogP contribution in [0.2, 0.25) is 10.2 Å². The zero-order valence-corrected chi connectivity index (χ0v) is 19.6. The van der Waals surface area contributed by atoms with Gasteiger partial charge >= 0.3 is 0 Å². The molecule has 2 heterocycles. The number of nitrogens with one attached hydrogen (secondary N) is 2. The number of nitrogens with zero attached hydrogens (tertiary/aromatic N) is 3. The van der Waals surface area contributed by atoms with Crippen LogP contribution in [0.3, 0.4) is 0 Å². The van der Waals surface area contributed by atoms with Gasteiger partial charge < -0.3 is 19.6 Å². The molecular weight excluding hydrogens is 512 g/mol. The molecule has 0 fully saturated rings. The molecule has 28 heavy (non-hydrogen) atoms. The van der Waals surface area contributed by atoms with Crippen molar-refractivity contribution in [1.82, 2.24) is 20.2 Å². The molecule has 3 aromatic rings. The van der Waals surface area contributed by atoms with Crippen LogP contribution in [0.1, 0.15) is 17.0 Å². The predicted octanol–water partition coefficient (Wildman–Crippen LogP) is 4.78. The van der Waals surface area contributed by atoms with Gasteiger partial charge in [0.2, 0.25) is 5.89 Å². The van der Waals surface area contributed by atoms with Crippen molar-refractivity contribution in [2.24, 2.45) is 12.0 Å². The molecule has 6 nitrogen and oxygen atoms in total. The summed E-state index contributed by atoms with van der Waals surface area (Å²) < 4.78 is 7.40. The number of guanidine groups is 1. The van der Waals surface area contributed by atoms with Gasteiger partial charge in [0.25, 0.3) is 0 Å². The number of oxazole rings is 1. The van der Waals surface area contributed by atoms with E-state index in [-0.39, 0.29) is 24.0 Å². The summed E-state index contributed by atoms with van der Waals surface area (Å²) in [6.07, 6.45) is 1.65. The van der Waals surface area contributed by atoms with Crippen molar-refractivity contribution in [3.8, 4) is 11.5 Å². The second kappa shape index (κ2) is 10.2. The summed E-state index contributed by atoms with van der Waals surface area (Å²) in [4.78, 5) is 8.73. The first-order chi connectivity index (χ1) is 13.0. The lowest BCUT2D eigenvalue weighted by atomic mass is 10.1. The number of aryl methyl sites for hydroxylation is 1. The average molecular weight is 534 g/mol. The molecule has 1 aromatic carbocycles. The molecule has 0 aliphatic carbocycles. The van der Waals surface area contributed by atoms with Gasteiger partial charge in [0.05, 0.1) is 23.8 Å². The highest BCUT2D eigenvalue weighted by Gasteiger charge is 2.10. The van der Waals surface area contributed by atoms with Gasteiger partial charge in [0, 0.05) is 25.4 Å². The van der Waals surface area contributed by atoms with Gasteiger partial charge in [-0.25, -0.2) is 4.98 Å². The molecule has 0 unspecified atom stereocenters. The molecule has 0 atom stereocenters. The summed E-state index contributed by atoms with van der Waals surface area (Å²) in [6.45, 7) is 3.07. The van der Waals surface area contributed by atoms with Crippen molar-refractivity contribution in [3.05, 3.63) is 63.7 Å². The molecule has 0 spiro atoms. The zero-order chi connectivity index (χ0) is 19.4. The fourth-order valence-corrected chi connectivity index (χ4v) is 2.96. The predicted molar refractivity (Wildman–Crippen MR) is 125 cm³/mol. The Morgan fingerprint density at radius 3 is 2.46 bits per heavy atom. The molecule has 2 N–H and O–H groups in total. The molecule has 0 saturated heterocycles. The van der Waals surface area contributed by atoms with Crippen molar-refractivity contribution in [2.75, 3.05) is 7.05 Å². The maximum absolute atomic E-state index is 6.09. The Balaban J connectivity index is 0.00000280. The van der Waals surface area contributed by atoms with E-state index in [2.05, 4.69) is 20.6 Å². The molecule has 0 aliphatic heterocycles. The van der Waals surface area contributed by atoms with E-state index in [9.17, 15) is 0 Å². The topological polar surface area (TPSA) is 67.4 Å². The number of hydrogen-bond donors (Lipinski definition) is 2.